The Kier molecular flexibility index (Phi) is 3.99. The highest BCUT2D eigenvalue weighted by Crippen LogP contribution is 2.40. The molecule has 6 nitrogen and oxygen atoms in total. The molecular weight excluding hydrogens is 364 g/mol. The molecule has 0 bridgehead atoms. The highest BCUT2D eigenvalue weighted by Gasteiger charge is 2.26. The summed E-state index contributed by atoms with van der Waals surface area (Å²) in [6, 6.07) is 5.94. The van der Waals surface area contributed by atoms with E-state index < -0.39 is 12.0 Å². The van der Waals surface area contributed by atoms with Gasteiger partial charge in [-0.3, -0.25) is 0 Å². The second-order valence-electron chi connectivity index (χ2n) is 7.46. The first-order valence-corrected chi connectivity index (χ1v) is 9.42. The molecule has 28 heavy (non-hydrogen) atoms. The second kappa shape index (κ2) is 6.54. The van der Waals surface area contributed by atoms with Crippen LogP contribution in [0.1, 0.15) is 30.7 Å². The van der Waals surface area contributed by atoms with Gasteiger partial charge in [-0.15, -0.1) is 5.10 Å². The Morgan fingerprint density at radius 1 is 1.21 bits per heavy atom. The van der Waals surface area contributed by atoms with E-state index in [4.69, 9.17) is 0 Å². The predicted octanol–water partition coefficient (Wildman–Crippen LogP) is 4.01. The number of alkyl halides is 1. The van der Waals surface area contributed by atoms with Crippen LogP contribution >= 0.6 is 0 Å². The fraction of sp³-hybridized carbons (Fsp3) is 0.350. The number of amides is 2. The zero-order valence-corrected chi connectivity index (χ0v) is 15.1. The Balaban J connectivity index is 1.42. The van der Waals surface area contributed by atoms with E-state index in [9.17, 15) is 13.6 Å². The van der Waals surface area contributed by atoms with Crippen LogP contribution in [0.4, 0.5) is 19.3 Å². The van der Waals surface area contributed by atoms with Gasteiger partial charge in [0.05, 0.1) is 6.54 Å². The summed E-state index contributed by atoms with van der Waals surface area (Å²) in [6.45, 7) is 0.458. The zero-order valence-electron chi connectivity index (χ0n) is 15.1. The normalized spacial score (nSPS) is 19.4. The topological polar surface area (TPSA) is 63.1 Å². The number of hydrogen-bond acceptors (Lipinski definition) is 3. The van der Waals surface area contributed by atoms with E-state index in [0.717, 1.165) is 5.39 Å². The van der Waals surface area contributed by atoms with Crippen LogP contribution in [-0.2, 0) is 0 Å². The molecule has 144 valence electrons. The molecule has 1 atom stereocenters. The minimum atomic E-state index is -0.987. The van der Waals surface area contributed by atoms with Gasteiger partial charge in [0.25, 0.3) is 0 Å². The fourth-order valence-electron chi connectivity index (χ4n) is 3.57. The Morgan fingerprint density at radius 3 is 2.82 bits per heavy atom. The SMILES string of the molecule is O=C(Nc1ccc(F)c(-n2cc3cc(C4CC4)cnc3n2)c1)N1CCC(F)C1. The predicted molar refractivity (Wildman–Crippen MR) is 101 cm³/mol. The highest BCUT2D eigenvalue weighted by atomic mass is 19.1. The maximum absolute atomic E-state index is 14.4. The van der Waals surface area contributed by atoms with Crippen molar-refractivity contribution >= 4 is 22.8 Å². The molecular formula is C20H19F2N5O. The van der Waals surface area contributed by atoms with E-state index in [0.29, 0.717) is 30.2 Å². The molecule has 1 saturated heterocycles. The summed E-state index contributed by atoms with van der Waals surface area (Å²) >= 11 is 0. The lowest BCUT2D eigenvalue weighted by atomic mass is 10.2. The molecule has 2 aromatic heterocycles. The minimum absolute atomic E-state index is 0.0828. The van der Waals surface area contributed by atoms with Crippen LogP contribution in [0.25, 0.3) is 16.7 Å². The van der Waals surface area contributed by atoms with E-state index in [1.165, 1.54) is 46.2 Å². The molecule has 2 amide bonds. The van der Waals surface area contributed by atoms with Crippen LogP contribution in [-0.4, -0.2) is 45.0 Å². The van der Waals surface area contributed by atoms with Gasteiger partial charge in [-0.2, -0.15) is 0 Å². The van der Waals surface area contributed by atoms with Gasteiger partial charge in [-0.25, -0.2) is 23.2 Å². The third kappa shape index (κ3) is 3.19. The molecule has 2 aliphatic rings. The van der Waals surface area contributed by atoms with Gasteiger partial charge in [-0.1, -0.05) is 0 Å². The standard InChI is InChI=1S/C20H19F2N5O/c21-15-5-6-26(11-15)20(28)24-16-3-4-17(22)18(8-16)27-10-14-7-13(12-1-2-12)9-23-19(14)25-27/h3-4,7-10,12,15H,1-2,5-6,11H2,(H,24,28). The van der Waals surface area contributed by atoms with Crippen LogP contribution in [0.2, 0.25) is 0 Å². The molecule has 3 aromatic rings. The number of fused-ring (bicyclic) bond motifs is 1. The van der Waals surface area contributed by atoms with Crippen molar-refractivity contribution < 1.29 is 13.6 Å². The molecule has 1 N–H and O–H groups in total. The van der Waals surface area contributed by atoms with E-state index in [1.54, 1.807) is 6.20 Å². The van der Waals surface area contributed by atoms with Crippen LogP contribution in [0.15, 0.2) is 36.7 Å². The van der Waals surface area contributed by atoms with Crippen molar-refractivity contribution in [2.24, 2.45) is 0 Å². The maximum atomic E-state index is 14.4. The average Bonchev–Trinajstić information content (AvgIpc) is 3.30. The average molecular weight is 383 g/mol. The van der Waals surface area contributed by atoms with E-state index in [2.05, 4.69) is 15.4 Å². The number of nitrogens with one attached hydrogen (secondary N) is 1. The van der Waals surface area contributed by atoms with Crippen LogP contribution in [0.3, 0.4) is 0 Å². The molecule has 5 rings (SSSR count). The number of nitrogens with zero attached hydrogens (tertiary/aromatic N) is 4. The number of pyridine rings is 1. The number of halogens is 2. The van der Waals surface area contributed by atoms with Gasteiger partial charge in [0, 0.05) is 30.0 Å². The van der Waals surface area contributed by atoms with Crippen molar-refractivity contribution in [1.29, 1.82) is 0 Å². The largest absolute Gasteiger partial charge is 0.322 e. The van der Waals surface area contributed by atoms with E-state index in [-0.39, 0.29) is 18.3 Å². The summed E-state index contributed by atoms with van der Waals surface area (Å²) in [6.07, 6.45) is 5.29. The quantitative estimate of drug-likeness (QED) is 0.743. The fourth-order valence-corrected chi connectivity index (χ4v) is 3.57. The maximum Gasteiger partial charge on any atom is 0.321 e. The third-order valence-corrected chi connectivity index (χ3v) is 5.29. The third-order valence-electron chi connectivity index (χ3n) is 5.29. The number of aromatic nitrogens is 3. The monoisotopic (exact) mass is 383 g/mol. The summed E-state index contributed by atoms with van der Waals surface area (Å²) in [5.41, 5.74) is 2.37. The van der Waals surface area contributed by atoms with Gasteiger partial charge >= 0.3 is 6.03 Å². The molecule has 1 unspecified atom stereocenters. The lowest BCUT2D eigenvalue weighted by Crippen LogP contribution is -2.33. The van der Waals surface area contributed by atoms with Gasteiger partial charge in [0.2, 0.25) is 0 Å². The van der Waals surface area contributed by atoms with E-state index >= 15 is 0 Å². The number of likely N-dealkylation sites (tertiary alicyclic amines) is 1. The summed E-state index contributed by atoms with van der Waals surface area (Å²) in [5, 5.41) is 7.92. The number of benzene rings is 1. The Labute approximate surface area is 160 Å². The van der Waals surface area contributed by atoms with Crippen molar-refractivity contribution in [2.45, 2.75) is 31.4 Å². The minimum Gasteiger partial charge on any atom is -0.322 e. The van der Waals surface area contributed by atoms with Crippen molar-refractivity contribution in [3.8, 4) is 5.69 Å². The molecule has 1 aliphatic heterocycles. The summed E-state index contributed by atoms with van der Waals surface area (Å²) < 4.78 is 29.2. The first-order valence-electron chi connectivity index (χ1n) is 9.42. The molecule has 2 fully saturated rings. The highest BCUT2D eigenvalue weighted by molar-refractivity contribution is 5.90. The number of anilines is 1. The van der Waals surface area contributed by atoms with Crippen molar-refractivity contribution in [3.05, 3.63) is 48.0 Å². The smallest absolute Gasteiger partial charge is 0.321 e. The van der Waals surface area contributed by atoms with Gasteiger partial charge in [0.1, 0.15) is 17.7 Å². The van der Waals surface area contributed by atoms with Crippen LogP contribution in [0, 0.1) is 5.82 Å². The molecule has 3 heterocycles. The van der Waals surface area contributed by atoms with Crippen molar-refractivity contribution in [3.63, 3.8) is 0 Å². The molecule has 0 spiro atoms. The first kappa shape index (κ1) is 17.1. The van der Waals surface area contributed by atoms with Crippen molar-refractivity contribution in [1.82, 2.24) is 19.7 Å². The van der Waals surface area contributed by atoms with Gasteiger partial charge in [-0.05, 0) is 55.0 Å². The number of carbonyl (C=O) groups is 1. The second-order valence-corrected chi connectivity index (χ2v) is 7.46. The van der Waals surface area contributed by atoms with Gasteiger partial charge < -0.3 is 10.2 Å². The number of hydrogen-bond donors (Lipinski definition) is 1. The van der Waals surface area contributed by atoms with Gasteiger partial charge in [0.15, 0.2) is 5.65 Å². The number of carbonyl (C=O) groups excluding carboxylic acids is 1. The molecule has 1 aliphatic carbocycles. The first-order chi connectivity index (χ1) is 13.6. The molecule has 1 aromatic carbocycles. The Hall–Kier alpha value is -3.03. The summed E-state index contributed by atoms with van der Waals surface area (Å²) in [4.78, 5) is 18.1. The van der Waals surface area contributed by atoms with E-state index in [1.807, 2.05) is 12.3 Å². The number of urea groups is 1. The lowest BCUT2D eigenvalue weighted by molar-refractivity contribution is 0.218. The summed E-state index contributed by atoms with van der Waals surface area (Å²) in [5.74, 6) is 0.114. The van der Waals surface area contributed by atoms with Crippen LogP contribution < -0.4 is 5.32 Å². The lowest BCUT2D eigenvalue weighted by Gasteiger charge is -2.16. The summed E-state index contributed by atoms with van der Waals surface area (Å²) in [7, 11) is 0. The number of rotatable bonds is 3. The molecule has 8 heteroatoms. The molecule has 1 saturated carbocycles. The Morgan fingerprint density at radius 2 is 2.07 bits per heavy atom. The molecule has 0 radical (unpaired) electrons. The van der Waals surface area contributed by atoms with Crippen molar-refractivity contribution in [2.75, 3.05) is 18.4 Å². The van der Waals surface area contributed by atoms with Crippen LogP contribution in [0.5, 0.6) is 0 Å². The zero-order chi connectivity index (χ0) is 19.3. The Bertz CT molecular complexity index is 1060.